The molecule has 2 N–H and O–H groups in total. The molecule has 1 aromatic rings. The number of carbonyl (C=O) groups is 1. The van der Waals surface area contributed by atoms with Crippen molar-refractivity contribution in [1.82, 2.24) is 5.32 Å². The van der Waals surface area contributed by atoms with Crippen molar-refractivity contribution in [3.63, 3.8) is 0 Å². The fourth-order valence-corrected chi connectivity index (χ4v) is 2.89. The Morgan fingerprint density at radius 3 is 2.67 bits per heavy atom. The van der Waals surface area contributed by atoms with Crippen LogP contribution in [-0.4, -0.2) is 29.1 Å². The predicted molar refractivity (Wildman–Crippen MR) is 78.4 cm³/mol. The molecule has 0 saturated heterocycles. The average molecular weight is 313 g/mol. The predicted octanol–water partition coefficient (Wildman–Crippen LogP) is 2.53. The van der Waals surface area contributed by atoms with Crippen LogP contribution in [0.4, 0.5) is 5.69 Å². The first-order chi connectivity index (χ1) is 9.97. The highest BCUT2D eigenvalue weighted by atomic mass is 35.5. The lowest BCUT2D eigenvalue weighted by molar-refractivity contribution is -0.385. The fraction of sp³-hybridized carbons (Fsp3) is 0.500. The van der Waals surface area contributed by atoms with Crippen LogP contribution in [0.15, 0.2) is 18.2 Å². The van der Waals surface area contributed by atoms with Crippen molar-refractivity contribution in [1.29, 1.82) is 0 Å². The number of nitrogens with one attached hydrogen (secondary N) is 1. The zero-order chi connectivity index (χ0) is 15.5. The van der Waals surface area contributed by atoms with E-state index in [4.69, 9.17) is 11.6 Å². The maximum absolute atomic E-state index is 12.2. The van der Waals surface area contributed by atoms with Gasteiger partial charge in [-0.1, -0.05) is 24.4 Å². The number of aliphatic hydroxyl groups is 1. The van der Waals surface area contributed by atoms with Crippen LogP contribution in [0.2, 0.25) is 5.02 Å². The summed E-state index contributed by atoms with van der Waals surface area (Å²) in [6.45, 7) is 0.331. The van der Waals surface area contributed by atoms with E-state index in [0.29, 0.717) is 6.54 Å². The van der Waals surface area contributed by atoms with E-state index in [2.05, 4.69) is 5.32 Å². The van der Waals surface area contributed by atoms with Gasteiger partial charge in [0.05, 0.1) is 11.5 Å². The van der Waals surface area contributed by atoms with Gasteiger partial charge >= 0.3 is 0 Å². The van der Waals surface area contributed by atoms with Crippen LogP contribution in [0.3, 0.4) is 0 Å². The molecule has 2 rings (SSSR count). The molecule has 0 spiro atoms. The van der Waals surface area contributed by atoms with Gasteiger partial charge in [0.15, 0.2) is 0 Å². The lowest BCUT2D eigenvalue weighted by atomic mass is 9.87. The molecule has 1 aromatic carbocycles. The molecular weight excluding hydrogens is 296 g/mol. The van der Waals surface area contributed by atoms with E-state index in [1.165, 1.54) is 12.1 Å². The van der Waals surface area contributed by atoms with Gasteiger partial charge in [-0.15, -0.1) is 0 Å². The number of carbonyl (C=O) groups excluding carboxylic acids is 1. The first kappa shape index (κ1) is 15.7. The number of nitro groups is 1. The van der Waals surface area contributed by atoms with Crippen LogP contribution in [0.25, 0.3) is 0 Å². The van der Waals surface area contributed by atoms with E-state index < -0.39 is 10.8 Å². The summed E-state index contributed by atoms with van der Waals surface area (Å²) in [6.07, 6.45) is 3.76. The summed E-state index contributed by atoms with van der Waals surface area (Å²) in [6, 6.07) is 3.95. The summed E-state index contributed by atoms with van der Waals surface area (Å²) < 4.78 is 0. The molecule has 0 unspecified atom stereocenters. The Morgan fingerprint density at radius 2 is 2.10 bits per heavy atom. The van der Waals surface area contributed by atoms with Gasteiger partial charge in [-0.3, -0.25) is 14.9 Å². The van der Waals surface area contributed by atoms with E-state index >= 15 is 0 Å². The van der Waals surface area contributed by atoms with Crippen LogP contribution >= 0.6 is 11.6 Å². The Morgan fingerprint density at radius 1 is 1.43 bits per heavy atom. The Bertz CT molecular complexity index is 556. The van der Waals surface area contributed by atoms with Gasteiger partial charge < -0.3 is 10.4 Å². The lowest BCUT2D eigenvalue weighted by Gasteiger charge is -2.26. The molecule has 0 aliphatic heterocycles. The van der Waals surface area contributed by atoms with Gasteiger partial charge in [0.25, 0.3) is 11.6 Å². The molecule has 1 fully saturated rings. The third-order valence-corrected chi connectivity index (χ3v) is 4.26. The van der Waals surface area contributed by atoms with Crippen LogP contribution in [-0.2, 0) is 0 Å². The van der Waals surface area contributed by atoms with Crippen molar-refractivity contribution in [2.45, 2.75) is 25.7 Å². The molecule has 0 heterocycles. The van der Waals surface area contributed by atoms with Gasteiger partial charge in [-0.2, -0.15) is 0 Å². The second kappa shape index (κ2) is 6.41. The quantitative estimate of drug-likeness (QED) is 0.645. The number of nitro benzene ring substituents is 1. The summed E-state index contributed by atoms with van der Waals surface area (Å²) >= 11 is 5.72. The number of benzene rings is 1. The first-order valence-corrected chi connectivity index (χ1v) is 7.18. The SMILES string of the molecule is O=C(NCC1(CO)CCCC1)c1ccc(Cl)cc1[N+](=O)[O-]. The van der Waals surface area contributed by atoms with E-state index in [0.717, 1.165) is 31.7 Å². The first-order valence-electron chi connectivity index (χ1n) is 6.80. The summed E-state index contributed by atoms with van der Waals surface area (Å²) in [5, 5.41) is 23.4. The number of rotatable bonds is 5. The molecule has 1 aliphatic rings. The van der Waals surface area contributed by atoms with Crippen LogP contribution in [0.5, 0.6) is 0 Å². The maximum Gasteiger partial charge on any atom is 0.283 e. The van der Waals surface area contributed by atoms with Crippen molar-refractivity contribution in [2.24, 2.45) is 5.41 Å². The summed E-state index contributed by atoms with van der Waals surface area (Å²) in [7, 11) is 0. The normalized spacial score (nSPS) is 16.7. The molecule has 21 heavy (non-hydrogen) atoms. The second-order valence-corrected chi connectivity index (χ2v) is 5.90. The van der Waals surface area contributed by atoms with Crippen molar-refractivity contribution < 1.29 is 14.8 Å². The van der Waals surface area contributed by atoms with E-state index in [1.807, 2.05) is 0 Å². The van der Waals surface area contributed by atoms with Crippen molar-refractivity contribution in [3.05, 3.63) is 38.9 Å². The van der Waals surface area contributed by atoms with Crippen LogP contribution < -0.4 is 5.32 Å². The number of hydrogen-bond donors (Lipinski definition) is 2. The summed E-state index contributed by atoms with van der Waals surface area (Å²) in [5.74, 6) is -0.516. The standard InChI is InChI=1S/C14H17ClN2O4/c15-10-3-4-11(12(7-10)17(20)21)13(19)16-8-14(9-18)5-1-2-6-14/h3-4,7,18H,1-2,5-6,8-9H2,(H,16,19). The van der Waals surface area contributed by atoms with E-state index in [9.17, 15) is 20.0 Å². The van der Waals surface area contributed by atoms with Crippen molar-refractivity contribution in [3.8, 4) is 0 Å². The Labute approximate surface area is 127 Å². The summed E-state index contributed by atoms with van der Waals surface area (Å²) in [4.78, 5) is 22.5. The van der Waals surface area contributed by atoms with Gasteiger partial charge in [0.2, 0.25) is 0 Å². The minimum Gasteiger partial charge on any atom is -0.396 e. The molecule has 6 nitrogen and oxygen atoms in total. The van der Waals surface area contributed by atoms with Crippen molar-refractivity contribution in [2.75, 3.05) is 13.2 Å². The molecule has 0 bridgehead atoms. The van der Waals surface area contributed by atoms with Crippen LogP contribution in [0, 0.1) is 15.5 Å². The van der Waals surface area contributed by atoms with Gasteiger partial charge in [0, 0.05) is 23.0 Å². The third-order valence-electron chi connectivity index (χ3n) is 4.02. The zero-order valence-electron chi connectivity index (χ0n) is 11.5. The van der Waals surface area contributed by atoms with Gasteiger partial charge in [-0.05, 0) is 25.0 Å². The highest BCUT2D eigenvalue weighted by Gasteiger charge is 2.34. The van der Waals surface area contributed by atoms with Gasteiger partial charge in [0.1, 0.15) is 5.56 Å². The Hall–Kier alpha value is -1.66. The molecule has 114 valence electrons. The molecule has 1 saturated carbocycles. The third kappa shape index (κ3) is 3.51. The highest BCUT2D eigenvalue weighted by molar-refractivity contribution is 6.31. The average Bonchev–Trinajstić information content (AvgIpc) is 2.94. The number of hydrogen-bond acceptors (Lipinski definition) is 4. The number of nitrogens with zero attached hydrogens (tertiary/aromatic N) is 1. The molecule has 1 amide bonds. The molecule has 1 aliphatic carbocycles. The molecule has 7 heteroatoms. The second-order valence-electron chi connectivity index (χ2n) is 5.47. The minimum atomic E-state index is -0.627. The van der Waals surface area contributed by atoms with E-state index in [1.54, 1.807) is 0 Å². The van der Waals surface area contributed by atoms with Crippen molar-refractivity contribution >= 4 is 23.2 Å². The van der Waals surface area contributed by atoms with Gasteiger partial charge in [-0.25, -0.2) is 0 Å². The topological polar surface area (TPSA) is 92.5 Å². The Balaban J connectivity index is 2.12. The molecule has 0 aromatic heterocycles. The largest absolute Gasteiger partial charge is 0.396 e. The fourth-order valence-electron chi connectivity index (χ4n) is 2.73. The molecule has 0 radical (unpaired) electrons. The molecule has 0 atom stereocenters. The highest BCUT2D eigenvalue weighted by Crippen LogP contribution is 2.37. The van der Waals surface area contributed by atoms with Crippen LogP contribution in [0.1, 0.15) is 36.0 Å². The maximum atomic E-state index is 12.2. The zero-order valence-corrected chi connectivity index (χ0v) is 12.2. The molecular formula is C14H17ClN2O4. The Kier molecular flexibility index (Phi) is 4.80. The van der Waals surface area contributed by atoms with E-state index in [-0.39, 0.29) is 28.3 Å². The number of halogens is 1. The minimum absolute atomic E-state index is 0.00991. The monoisotopic (exact) mass is 312 g/mol. The number of amides is 1. The summed E-state index contributed by atoms with van der Waals surface area (Å²) in [5.41, 5.74) is -0.628. The smallest absolute Gasteiger partial charge is 0.283 e. The number of aliphatic hydroxyl groups excluding tert-OH is 1. The lowest BCUT2D eigenvalue weighted by Crippen LogP contribution is -2.38.